The Hall–Kier alpha value is -1.38. The van der Waals surface area contributed by atoms with Gasteiger partial charge in [0.15, 0.2) is 0 Å². The van der Waals surface area contributed by atoms with Gasteiger partial charge >= 0.3 is 0 Å². The van der Waals surface area contributed by atoms with Gasteiger partial charge in [-0.3, -0.25) is 9.78 Å². The maximum absolute atomic E-state index is 12.6. The van der Waals surface area contributed by atoms with Gasteiger partial charge < -0.3 is 4.90 Å². The topological polar surface area (TPSA) is 33.2 Å². The average Bonchev–Trinajstić information content (AvgIpc) is 2.75. The zero-order chi connectivity index (χ0) is 12.5. The molecule has 18 heavy (non-hydrogen) atoms. The molecule has 1 aromatic heterocycles. The Morgan fingerprint density at radius 2 is 2.17 bits per heavy atom. The maximum Gasteiger partial charge on any atom is 0.272 e. The second kappa shape index (κ2) is 4.71. The molecule has 2 aliphatic rings. The SMILES string of the molecule is CC1CC2CCCCC2N1C(=O)c1ccccn1. The second-order valence-electron chi connectivity index (χ2n) is 5.62. The molecule has 0 radical (unpaired) electrons. The zero-order valence-corrected chi connectivity index (χ0v) is 10.9. The van der Waals surface area contributed by atoms with Crippen LogP contribution in [0.5, 0.6) is 0 Å². The van der Waals surface area contributed by atoms with E-state index in [1.54, 1.807) is 6.20 Å². The van der Waals surface area contributed by atoms with Gasteiger partial charge in [0.1, 0.15) is 5.69 Å². The molecule has 3 atom stereocenters. The molecule has 1 saturated heterocycles. The fourth-order valence-corrected chi connectivity index (χ4v) is 3.68. The van der Waals surface area contributed by atoms with Gasteiger partial charge in [0.05, 0.1) is 0 Å². The number of aromatic nitrogens is 1. The monoisotopic (exact) mass is 244 g/mol. The molecule has 2 fully saturated rings. The normalized spacial score (nSPS) is 31.2. The Kier molecular flexibility index (Phi) is 3.06. The number of nitrogens with zero attached hydrogens (tertiary/aromatic N) is 2. The smallest absolute Gasteiger partial charge is 0.272 e. The summed E-state index contributed by atoms with van der Waals surface area (Å²) in [5.74, 6) is 0.846. The third-order valence-electron chi connectivity index (χ3n) is 4.46. The van der Waals surface area contributed by atoms with E-state index in [0.717, 1.165) is 5.92 Å². The lowest BCUT2D eigenvalue weighted by Crippen LogP contribution is -2.42. The van der Waals surface area contributed by atoms with Crippen molar-refractivity contribution in [1.29, 1.82) is 0 Å². The minimum atomic E-state index is 0.123. The maximum atomic E-state index is 12.6. The average molecular weight is 244 g/mol. The fourth-order valence-electron chi connectivity index (χ4n) is 3.68. The lowest BCUT2D eigenvalue weighted by Gasteiger charge is -2.33. The number of rotatable bonds is 1. The first kappa shape index (κ1) is 11.7. The summed E-state index contributed by atoms with van der Waals surface area (Å²) in [6.07, 6.45) is 7.93. The van der Waals surface area contributed by atoms with Crippen LogP contribution < -0.4 is 0 Å². The van der Waals surface area contributed by atoms with Crippen LogP contribution in [0.1, 0.15) is 49.5 Å². The number of carbonyl (C=O) groups is 1. The first-order valence-corrected chi connectivity index (χ1v) is 7.01. The van der Waals surface area contributed by atoms with E-state index >= 15 is 0 Å². The van der Waals surface area contributed by atoms with Crippen molar-refractivity contribution in [3.63, 3.8) is 0 Å². The molecule has 1 saturated carbocycles. The second-order valence-corrected chi connectivity index (χ2v) is 5.62. The predicted molar refractivity (Wildman–Crippen MR) is 70.2 cm³/mol. The molecule has 1 aliphatic heterocycles. The lowest BCUT2D eigenvalue weighted by atomic mass is 9.85. The van der Waals surface area contributed by atoms with E-state index in [1.165, 1.54) is 32.1 Å². The van der Waals surface area contributed by atoms with Gasteiger partial charge in [0.2, 0.25) is 0 Å². The number of fused-ring (bicyclic) bond motifs is 1. The number of hydrogen-bond donors (Lipinski definition) is 0. The van der Waals surface area contributed by atoms with Crippen molar-refractivity contribution in [3.05, 3.63) is 30.1 Å². The Labute approximate surface area is 108 Å². The van der Waals surface area contributed by atoms with E-state index in [-0.39, 0.29) is 5.91 Å². The molecule has 3 unspecified atom stereocenters. The third kappa shape index (κ3) is 1.92. The van der Waals surface area contributed by atoms with Gasteiger partial charge in [-0.05, 0) is 44.2 Å². The van der Waals surface area contributed by atoms with Crippen LogP contribution in [0.15, 0.2) is 24.4 Å². The molecular formula is C15H20N2O. The summed E-state index contributed by atoms with van der Waals surface area (Å²) < 4.78 is 0. The first-order chi connectivity index (χ1) is 8.77. The number of hydrogen-bond acceptors (Lipinski definition) is 2. The Morgan fingerprint density at radius 1 is 1.33 bits per heavy atom. The van der Waals surface area contributed by atoms with Crippen molar-refractivity contribution in [3.8, 4) is 0 Å². The highest BCUT2D eigenvalue weighted by atomic mass is 16.2. The number of pyridine rings is 1. The van der Waals surface area contributed by atoms with Crippen LogP contribution in [-0.4, -0.2) is 27.9 Å². The van der Waals surface area contributed by atoms with Crippen molar-refractivity contribution in [2.75, 3.05) is 0 Å². The summed E-state index contributed by atoms with van der Waals surface area (Å²) in [4.78, 5) is 18.9. The molecule has 2 heterocycles. The highest BCUT2D eigenvalue weighted by Gasteiger charge is 2.42. The van der Waals surface area contributed by atoms with Crippen LogP contribution >= 0.6 is 0 Å². The highest BCUT2D eigenvalue weighted by Crippen LogP contribution is 2.40. The van der Waals surface area contributed by atoms with E-state index in [2.05, 4.69) is 16.8 Å². The third-order valence-corrected chi connectivity index (χ3v) is 4.46. The summed E-state index contributed by atoms with van der Waals surface area (Å²) >= 11 is 0. The van der Waals surface area contributed by atoms with Crippen LogP contribution in [0.2, 0.25) is 0 Å². The van der Waals surface area contributed by atoms with Crippen LogP contribution in [0.3, 0.4) is 0 Å². The summed E-state index contributed by atoms with van der Waals surface area (Å²) in [6.45, 7) is 2.18. The van der Waals surface area contributed by atoms with Gasteiger partial charge in [-0.25, -0.2) is 0 Å². The Morgan fingerprint density at radius 3 is 2.94 bits per heavy atom. The van der Waals surface area contributed by atoms with Crippen molar-refractivity contribution in [1.82, 2.24) is 9.88 Å². The van der Waals surface area contributed by atoms with Crippen LogP contribution in [0.25, 0.3) is 0 Å². The van der Waals surface area contributed by atoms with Crippen LogP contribution in [0, 0.1) is 5.92 Å². The number of carbonyl (C=O) groups excluding carboxylic acids is 1. The molecule has 1 aromatic rings. The summed E-state index contributed by atoms with van der Waals surface area (Å²) in [7, 11) is 0. The van der Waals surface area contributed by atoms with Crippen LogP contribution in [0.4, 0.5) is 0 Å². The van der Waals surface area contributed by atoms with Gasteiger partial charge in [-0.2, -0.15) is 0 Å². The molecule has 0 aromatic carbocycles. The van der Waals surface area contributed by atoms with Crippen molar-refractivity contribution < 1.29 is 4.79 Å². The zero-order valence-electron chi connectivity index (χ0n) is 10.9. The molecule has 3 rings (SSSR count). The van der Waals surface area contributed by atoms with Crippen molar-refractivity contribution >= 4 is 5.91 Å². The molecule has 3 nitrogen and oxygen atoms in total. The molecule has 0 spiro atoms. The van der Waals surface area contributed by atoms with Gasteiger partial charge in [-0.1, -0.05) is 18.9 Å². The van der Waals surface area contributed by atoms with Gasteiger partial charge in [0, 0.05) is 18.3 Å². The van der Waals surface area contributed by atoms with Crippen molar-refractivity contribution in [2.45, 2.75) is 51.1 Å². The minimum absolute atomic E-state index is 0.123. The standard InChI is InChI=1S/C15H20N2O/c1-11-10-12-6-2-3-8-14(12)17(11)15(18)13-7-4-5-9-16-13/h4-5,7,9,11-12,14H,2-3,6,8,10H2,1H3. The number of amides is 1. The van der Waals surface area contributed by atoms with E-state index in [0.29, 0.717) is 17.8 Å². The molecule has 1 amide bonds. The largest absolute Gasteiger partial charge is 0.331 e. The van der Waals surface area contributed by atoms with Crippen molar-refractivity contribution in [2.24, 2.45) is 5.92 Å². The van der Waals surface area contributed by atoms with Crippen LogP contribution in [-0.2, 0) is 0 Å². The summed E-state index contributed by atoms with van der Waals surface area (Å²) in [5.41, 5.74) is 0.593. The quantitative estimate of drug-likeness (QED) is 0.761. The Bertz CT molecular complexity index is 431. The highest BCUT2D eigenvalue weighted by molar-refractivity contribution is 5.92. The molecule has 1 aliphatic carbocycles. The van der Waals surface area contributed by atoms with E-state index in [4.69, 9.17) is 0 Å². The van der Waals surface area contributed by atoms with E-state index < -0.39 is 0 Å². The molecule has 0 bridgehead atoms. The van der Waals surface area contributed by atoms with E-state index in [1.807, 2.05) is 18.2 Å². The fraction of sp³-hybridized carbons (Fsp3) is 0.600. The molecule has 96 valence electrons. The molecule has 0 N–H and O–H groups in total. The summed E-state index contributed by atoms with van der Waals surface area (Å²) in [5, 5.41) is 0. The molecule has 3 heteroatoms. The van der Waals surface area contributed by atoms with Gasteiger partial charge in [-0.15, -0.1) is 0 Å². The summed E-state index contributed by atoms with van der Waals surface area (Å²) in [6, 6.07) is 6.40. The first-order valence-electron chi connectivity index (χ1n) is 7.01. The predicted octanol–water partition coefficient (Wildman–Crippen LogP) is 2.87. The minimum Gasteiger partial charge on any atom is -0.331 e. The van der Waals surface area contributed by atoms with E-state index in [9.17, 15) is 4.79 Å². The number of likely N-dealkylation sites (tertiary alicyclic amines) is 1. The Balaban J connectivity index is 1.84. The van der Waals surface area contributed by atoms with Gasteiger partial charge in [0.25, 0.3) is 5.91 Å². The lowest BCUT2D eigenvalue weighted by molar-refractivity contribution is 0.0627. The molecular weight excluding hydrogens is 224 g/mol.